The van der Waals surface area contributed by atoms with E-state index >= 15 is 0 Å². The van der Waals surface area contributed by atoms with Gasteiger partial charge in [0.25, 0.3) is 0 Å². The smallest absolute Gasteiger partial charge is 0.226 e. The van der Waals surface area contributed by atoms with Crippen molar-refractivity contribution in [1.82, 2.24) is 4.90 Å². The van der Waals surface area contributed by atoms with Crippen LogP contribution in [-0.2, 0) is 4.79 Å². The van der Waals surface area contributed by atoms with Crippen molar-refractivity contribution < 1.29 is 4.79 Å². The van der Waals surface area contributed by atoms with Crippen molar-refractivity contribution >= 4 is 5.91 Å². The summed E-state index contributed by atoms with van der Waals surface area (Å²) in [7, 11) is 0. The molecule has 2 aliphatic rings. The van der Waals surface area contributed by atoms with Crippen molar-refractivity contribution in [3.63, 3.8) is 0 Å². The number of carbonyl (C=O) groups excluding carboxylic acids is 1. The standard InChI is InChI=1S/C16H30N2O/c1-3-11-18(14-9-7-13(17)8-10-14)16(19)15-6-4-5-12(15)2/h12-15H,3-11,17H2,1-2H3. The number of hydrogen-bond donors (Lipinski definition) is 1. The Balaban J connectivity index is 2.00. The molecule has 2 atom stereocenters. The van der Waals surface area contributed by atoms with E-state index in [0.29, 0.717) is 29.8 Å². The van der Waals surface area contributed by atoms with E-state index in [9.17, 15) is 4.79 Å². The normalized spacial score (nSPS) is 35.3. The van der Waals surface area contributed by atoms with Gasteiger partial charge in [0.15, 0.2) is 0 Å². The number of carbonyl (C=O) groups is 1. The van der Waals surface area contributed by atoms with Crippen LogP contribution in [0.3, 0.4) is 0 Å². The second-order valence-electron chi connectivity index (χ2n) is 6.61. The largest absolute Gasteiger partial charge is 0.339 e. The molecule has 0 heterocycles. The Labute approximate surface area is 117 Å². The monoisotopic (exact) mass is 266 g/mol. The maximum atomic E-state index is 12.8. The highest BCUT2D eigenvalue weighted by Crippen LogP contribution is 2.34. The lowest BCUT2D eigenvalue weighted by molar-refractivity contribution is -0.139. The highest BCUT2D eigenvalue weighted by Gasteiger charge is 2.35. The van der Waals surface area contributed by atoms with Gasteiger partial charge in [-0.1, -0.05) is 20.3 Å². The molecule has 0 aromatic heterocycles. The molecule has 0 bridgehead atoms. The molecule has 1 amide bonds. The van der Waals surface area contributed by atoms with Crippen LogP contribution in [0.15, 0.2) is 0 Å². The molecule has 2 unspecified atom stereocenters. The van der Waals surface area contributed by atoms with Gasteiger partial charge < -0.3 is 10.6 Å². The third kappa shape index (κ3) is 3.50. The summed E-state index contributed by atoms with van der Waals surface area (Å²) in [6.07, 6.45) is 9.00. The van der Waals surface area contributed by atoms with Gasteiger partial charge in [-0.15, -0.1) is 0 Å². The minimum absolute atomic E-state index is 0.294. The zero-order chi connectivity index (χ0) is 13.8. The summed E-state index contributed by atoms with van der Waals surface area (Å²) in [4.78, 5) is 15.0. The molecule has 2 N–H and O–H groups in total. The molecule has 2 fully saturated rings. The number of nitrogens with two attached hydrogens (primary N) is 1. The van der Waals surface area contributed by atoms with Gasteiger partial charge in [-0.05, 0) is 50.9 Å². The number of amides is 1. The second kappa shape index (κ2) is 6.74. The summed E-state index contributed by atoms with van der Waals surface area (Å²) in [6.45, 7) is 5.35. The first-order valence-corrected chi connectivity index (χ1v) is 8.19. The van der Waals surface area contributed by atoms with Crippen LogP contribution in [0.2, 0.25) is 0 Å². The Morgan fingerprint density at radius 3 is 2.37 bits per heavy atom. The SMILES string of the molecule is CCCN(C(=O)C1CCCC1C)C1CCC(N)CC1. The first-order chi connectivity index (χ1) is 9.13. The van der Waals surface area contributed by atoms with E-state index in [4.69, 9.17) is 5.73 Å². The minimum Gasteiger partial charge on any atom is -0.339 e. The van der Waals surface area contributed by atoms with E-state index in [1.807, 2.05) is 0 Å². The zero-order valence-corrected chi connectivity index (χ0v) is 12.6. The molecule has 2 saturated carbocycles. The Kier molecular flexibility index (Phi) is 5.26. The molecule has 0 aromatic carbocycles. The van der Waals surface area contributed by atoms with Crippen LogP contribution in [-0.4, -0.2) is 29.4 Å². The van der Waals surface area contributed by atoms with E-state index in [1.54, 1.807) is 0 Å². The predicted octanol–water partition coefficient (Wildman–Crippen LogP) is 2.93. The minimum atomic E-state index is 0.294. The van der Waals surface area contributed by atoms with E-state index in [1.165, 1.54) is 12.8 Å². The fraction of sp³-hybridized carbons (Fsp3) is 0.938. The highest BCUT2D eigenvalue weighted by molar-refractivity contribution is 5.79. The number of hydrogen-bond acceptors (Lipinski definition) is 2. The molecular weight excluding hydrogens is 236 g/mol. The molecule has 0 aliphatic heterocycles. The molecule has 0 spiro atoms. The van der Waals surface area contributed by atoms with E-state index in [-0.39, 0.29) is 0 Å². The maximum Gasteiger partial charge on any atom is 0.226 e. The number of rotatable bonds is 4. The fourth-order valence-corrected chi connectivity index (χ4v) is 3.85. The maximum absolute atomic E-state index is 12.8. The van der Waals surface area contributed by atoms with Crippen molar-refractivity contribution in [2.24, 2.45) is 17.6 Å². The lowest BCUT2D eigenvalue weighted by Gasteiger charge is -2.38. The summed E-state index contributed by atoms with van der Waals surface area (Å²) >= 11 is 0. The van der Waals surface area contributed by atoms with Crippen LogP contribution in [0.5, 0.6) is 0 Å². The van der Waals surface area contributed by atoms with Crippen LogP contribution >= 0.6 is 0 Å². The van der Waals surface area contributed by atoms with Gasteiger partial charge in [-0.2, -0.15) is 0 Å². The first-order valence-electron chi connectivity index (χ1n) is 8.19. The van der Waals surface area contributed by atoms with Crippen molar-refractivity contribution in [2.45, 2.75) is 77.3 Å². The molecule has 0 aromatic rings. The molecule has 0 saturated heterocycles. The Hall–Kier alpha value is -0.570. The third-order valence-corrected chi connectivity index (χ3v) is 5.11. The lowest BCUT2D eigenvalue weighted by atomic mass is 9.88. The van der Waals surface area contributed by atoms with Crippen molar-refractivity contribution in [3.05, 3.63) is 0 Å². The molecule has 2 aliphatic carbocycles. The molecule has 19 heavy (non-hydrogen) atoms. The van der Waals surface area contributed by atoms with Gasteiger partial charge in [-0.25, -0.2) is 0 Å². The Bertz CT molecular complexity index is 297. The molecule has 3 heteroatoms. The summed E-state index contributed by atoms with van der Waals surface area (Å²) < 4.78 is 0. The molecule has 0 radical (unpaired) electrons. The van der Waals surface area contributed by atoms with Gasteiger partial charge in [0.05, 0.1) is 0 Å². The van der Waals surface area contributed by atoms with Crippen molar-refractivity contribution in [1.29, 1.82) is 0 Å². The molecule has 3 nitrogen and oxygen atoms in total. The van der Waals surface area contributed by atoms with Gasteiger partial charge in [0, 0.05) is 24.5 Å². The average molecular weight is 266 g/mol. The molecular formula is C16H30N2O. The van der Waals surface area contributed by atoms with Gasteiger partial charge in [0.1, 0.15) is 0 Å². The van der Waals surface area contributed by atoms with E-state index in [2.05, 4.69) is 18.7 Å². The summed E-state index contributed by atoms with van der Waals surface area (Å²) in [5.41, 5.74) is 5.99. The highest BCUT2D eigenvalue weighted by atomic mass is 16.2. The van der Waals surface area contributed by atoms with E-state index < -0.39 is 0 Å². The predicted molar refractivity (Wildman–Crippen MR) is 78.7 cm³/mol. The van der Waals surface area contributed by atoms with Crippen LogP contribution in [0.4, 0.5) is 0 Å². The van der Waals surface area contributed by atoms with Gasteiger partial charge in [-0.3, -0.25) is 4.79 Å². The quantitative estimate of drug-likeness (QED) is 0.850. The first kappa shape index (κ1) is 14.8. The van der Waals surface area contributed by atoms with Gasteiger partial charge >= 0.3 is 0 Å². The van der Waals surface area contributed by atoms with E-state index in [0.717, 1.165) is 45.1 Å². The summed E-state index contributed by atoms with van der Waals surface area (Å²) in [6, 6.07) is 0.820. The lowest BCUT2D eigenvalue weighted by Crippen LogP contribution is -2.47. The van der Waals surface area contributed by atoms with Crippen LogP contribution in [0, 0.1) is 11.8 Å². The molecule has 2 rings (SSSR count). The van der Waals surface area contributed by atoms with Crippen LogP contribution in [0.1, 0.15) is 65.2 Å². The topological polar surface area (TPSA) is 46.3 Å². The third-order valence-electron chi connectivity index (χ3n) is 5.11. The van der Waals surface area contributed by atoms with Crippen LogP contribution in [0.25, 0.3) is 0 Å². The van der Waals surface area contributed by atoms with Crippen LogP contribution < -0.4 is 5.73 Å². The van der Waals surface area contributed by atoms with Crippen molar-refractivity contribution in [2.75, 3.05) is 6.54 Å². The average Bonchev–Trinajstić information content (AvgIpc) is 2.83. The zero-order valence-electron chi connectivity index (χ0n) is 12.6. The Morgan fingerprint density at radius 2 is 1.84 bits per heavy atom. The van der Waals surface area contributed by atoms with Gasteiger partial charge in [0.2, 0.25) is 5.91 Å². The van der Waals surface area contributed by atoms with Crippen molar-refractivity contribution in [3.8, 4) is 0 Å². The summed E-state index contributed by atoms with van der Waals surface area (Å²) in [5.74, 6) is 1.31. The number of nitrogens with zero attached hydrogens (tertiary/aromatic N) is 1. The summed E-state index contributed by atoms with van der Waals surface area (Å²) in [5, 5.41) is 0. The fourth-order valence-electron chi connectivity index (χ4n) is 3.85. The molecule has 110 valence electrons. The Morgan fingerprint density at radius 1 is 1.16 bits per heavy atom. The second-order valence-corrected chi connectivity index (χ2v) is 6.61.